The van der Waals surface area contributed by atoms with Crippen LogP contribution in [0.2, 0.25) is 0 Å². The van der Waals surface area contributed by atoms with Gasteiger partial charge in [0.1, 0.15) is 5.82 Å². The molecule has 4 N–H and O–H groups in total. The Labute approximate surface area is 277 Å². The summed E-state index contributed by atoms with van der Waals surface area (Å²) in [6, 6.07) is 17.6. The number of carbonyl (C=O) groups is 2. The van der Waals surface area contributed by atoms with Crippen LogP contribution in [-0.4, -0.2) is 44.0 Å². The highest BCUT2D eigenvalue weighted by Crippen LogP contribution is 2.46. The monoisotopic (exact) mass is 642 g/mol. The minimum Gasteiger partial charge on any atom is -0.481 e. The van der Waals surface area contributed by atoms with Gasteiger partial charge in [0.25, 0.3) is 5.91 Å². The van der Waals surface area contributed by atoms with Gasteiger partial charge in [0, 0.05) is 23.0 Å². The van der Waals surface area contributed by atoms with Gasteiger partial charge in [-0.25, -0.2) is 4.39 Å². The van der Waals surface area contributed by atoms with Gasteiger partial charge < -0.3 is 25.2 Å². The van der Waals surface area contributed by atoms with E-state index in [0.29, 0.717) is 16.8 Å². The van der Waals surface area contributed by atoms with E-state index in [9.17, 15) is 24.2 Å². The minimum absolute atomic E-state index is 0.0919. The van der Waals surface area contributed by atoms with Crippen LogP contribution in [0.25, 0.3) is 22.4 Å². The van der Waals surface area contributed by atoms with Crippen LogP contribution in [0.5, 0.6) is 0 Å². The number of halogens is 1. The molecule has 4 atom stereocenters. The van der Waals surface area contributed by atoms with Crippen molar-refractivity contribution < 1.29 is 29.3 Å². The molecule has 0 fully saturated rings. The molecule has 1 heterocycles. The average molecular weight is 643 g/mol. The lowest BCUT2D eigenvalue weighted by Gasteiger charge is -2.26. The second-order valence-corrected chi connectivity index (χ2v) is 12.9. The molecule has 7 nitrogen and oxygen atoms in total. The van der Waals surface area contributed by atoms with E-state index in [1.165, 1.54) is 12.1 Å². The molecule has 0 aliphatic heterocycles. The molecule has 0 bridgehead atoms. The largest absolute Gasteiger partial charge is 0.481 e. The Morgan fingerprint density at radius 2 is 1.55 bits per heavy atom. The van der Waals surface area contributed by atoms with E-state index in [0.717, 1.165) is 51.2 Å². The lowest BCUT2D eigenvalue weighted by atomic mass is 9.89. The number of rotatable bonds is 13. The maximum absolute atomic E-state index is 14.7. The standard InChI is InChI=1S/C39H47FN2O5/c1-8-22(2)37-36(39(47)41-30-17-12-23(3)25(5)18-30)35(33-11-9-10-24(4)27(33)7)38(28-13-15-29(40)16-14-28)42(37)26(6)19-31(43)20-32(44)21-34(45)46/h9-18,22,26,31-32,43-44H,8,19-21H2,1-7H3,(H,41,47)(H,45,46)/t22?,26?,31-,32-/m1/s1. The first-order chi connectivity index (χ1) is 22.2. The lowest BCUT2D eigenvalue weighted by Crippen LogP contribution is -2.24. The number of aryl methyl sites for hydroxylation is 3. The first-order valence-electron chi connectivity index (χ1n) is 16.3. The second kappa shape index (κ2) is 15.1. The number of nitrogens with zero attached hydrogens (tertiary/aromatic N) is 1. The Balaban J connectivity index is 2.04. The maximum Gasteiger partial charge on any atom is 0.305 e. The predicted octanol–water partition coefficient (Wildman–Crippen LogP) is 8.50. The summed E-state index contributed by atoms with van der Waals surface area (Å²) in [5.74, 6) is -1.89. The van der Waals surface area contributed by atoms with Crippen LogP contribution in [-0.2, 0) is 4.79 Å². The number of amides is 1. The minimum atomic E-state index is -1.20. The number of nitrogens with one attached hydrogen (secondary N) is 1. The SMILES string of the molecule is CCC(C)c1c(C(=O)Nc2ccc(C)c(C)c2)c(-c2cccc(C)c2C)c(-c2ccc(F)cc2)n1C(C)C[C@@H](O)C[C@@H](O)CC(=O)O. The normalized spacial score (nSPS) is 14.0. The van der Waals surface area contributed by atoms with E-state index in [2.05, 4.69) is 23.7 Å². The molecule has 0 aliphatic carbocycles. The number of aromatic nitrogens is 1. The van der Waals surface area contributed by atoms with Crippen molar-refractivity contribution in [1.29, 1.82) is 0 Å². The molecule has 4 rings (SSSR count). The topological polar surface area (TPSA) is 112 Å². The summed E-state index contributed by atoms with van der Waals surface area (Å²) < 4.78 is 16.4. The van der Waals surface area contributed by atoms with E-state index in [1.807, 2.05) is 71.0 Å². The maximum atomic E-state index is 14.7. The molecule has 4 aromatic rings. The van der Waals surface area contributed by atoms with Gasteiger partial charge in [-0.3, -0.25) is 9.59 Å². The molecular formula is C39H47FN2O5. The zero-order chi connectivity index (χ0) is 34.6. The van der Waals surface area contributed by atoms with Crippen LogP contribution < -0.4 is 5.32 Å². The van der Waals surface area contributed by atoms with E-state index in [4.69, 9.17) is 5.11 Å². The molecule has 1 amide bonds. The molecule has 47 heavy (non-hydrogen) atoms. The van der Waals surface area contributed by atoms with Crippen molar-refractivity contribution in [1.82, 2.24) is 4.57 Å². The number of aliphatic carboxylic acids is 1. The van der Waals surface area contributed by atoms with Crippen molar-refractivity contribution in [2.45, 2.75) is 98.3 Å². The summed E-state index contributed by atoms with van der Waals surface area (Å²) >= 11 is 0. The smallest absolute Gasteiger partial charge is 0.305 e. The van der Waals surface area contributed by atoms with Crippen molar-refractivity contribution in [2.24, 2.45) is 0 Å². The summed E-state index contributed by atoms with van der Waals surface area (Å²) in [6.07, 6.45) is -1.87. The van der Waals surface area contributed by atoms with E-state index < -0.39 is 30.6 Å². The van der Waals surface area contributed by atoms with Gasteiger partial charge in [-0.2, -0.15) is 0 Å². The van der Waals surface area contributed by atoms with E-state index in [1.54, 1.807) is 12.1 Å². The molecule has 0 saturated heterocycles. The number of hydrogen-bond donors (Lipinski definition) is 4. The number of carbonyl (C=O) groups excluding carboxylic acids is 1. The average Bonchev–Trinajstić information content (AvgIpc) is 3.36. The second-order valence-electron chi connectivity index (χ2n) is 12.9. The number of benzene rings is 3. The molecule has 1 aromatic heterocycles. The van der Waals surface area contributed by atoms with Gasteiger partial charge in [0.05, 0.1) is 29.9 Å². The predicted molar refractivity (Wildman–Crippen MR) is 186 cm³/mol. The van der Waals surface area contributed by atoms with Gasteiger partial charge in [-0.05, 0) is 130 Å². The Morgan fingerprint density at radius 1 is 0.872 bits per heavy atom. The molecule has 0 radical (unpaired) electrons. The van der Waals surface area contributed by atoms with Crippen LogP contribution in [0.15, 0.2) is 60.7 Å². The van der Waals surface area contributed by atoms with Crippen molar-refractivity contribution in [3.05, 3.63) is 100.0 Å². The Morgan fingerprint density at radius 3 is 2.17 bits per heavy atom. The number of aliphatic hydroxyl groups excluding tert-OH is 2. The molecular weight excluding hydrogens is 595 g/mol. The van der Waals surface area contributed by atoms with Gasteiger partial charge in [-0.1, -0.05) is 38.1 Å². The molecule has 0 aliphatic rings. The summed E-state index contributed by atoms with van der Waals surface area (Å²) in [7, 11) is 0. The number of carboxylic acid groups (broad SMARTS) is 1. The van der Waals surface area contributed by atoms with Crippen LogP contribution in [0.4, 0.5) is 10.1 Å². The lowest BCUT2D eigenvalue weighted by molar-refractivity contribution is -0.139. The van der Waals surface area contributed by atoms with Crippen LogP contribution in [0.3, 0.4) is 0 Å². The number of hydrogen-bond acceptors (Lipinski definition) is 4. The van der Waals surface area contributed by atoms with Crippen molar-refractivity contribution in [3.63, 3.8) is 0 Å². The zero-order valence-corrected chi connectivity index (χ0v) is 28.4. The van der Waals surface area contributed by atoms with Crippen molar-refractivity contribution in [3.8, 4) is 22.4 Å². The third-order valence-corrected chi connectivity index (χ3v) is 9.31. The Kier molecular flexibility index (Phi) is 11.4. The first-order valence-corrected chi connectivity index (χ1v) is 16.3. The fraction of sp³-hybridized carbons (Fsp3) is 0.385. The molecule has 250 valence electrons. The summed E-state index contributed by atoms with van der Waals surface area (Å²) in [5, 5.41) is 33.6. The summed E-state index contributed by atoms with van der Waals surface area (Å²) in [6.45, 7) is 14.2. The Hall–Kier alpha value is -4.27. The van der Waals surface area contributed by atoms with Crippen molar-refractivity contribution >= 4 is 17.6 Å². The van der Waals surface area contributed by atoms with Crippen molar-refractivity contribution in [2.75, 3.05) is 5.32 Å². The van der Waals surface area contributed by atoms with Crippen LogP contribution in [0, 0.1) is 33.5 Å². The quantitative estimate of drug-likeness (QED) is 0.117. The van der Waals surface area contributed by atoms with Gasteiger partial charge in [-0.15, -0.1) is 0 Å². The highest BCUT2D eigenvalue weighted by atomic mass is 19.1. The van der Waals surface area contributed by atoms with Gasteiger partial charge in [0.2, 0.25) is 0 Å². The number of carboxylic acids is 1. The summed E-state index contributed by atoms with van der Waals surface area (Å²) in [5.41, 5.74) is 9.25. The molecule has 3 aromatic carbocycles. The van der Waals surface area contributed by atoms with Crippen LogP contribution >= 0.6 is 0 Å². The number of aliphatic hydroxyl groups is 2. The van der Waals surface area contributed by atoms with Crippen LogP contribution in [0.1, 0.15) is 96.7 Å². The van der Waals surface area contributed by atoms with Gasteiger partial charge >= 0.3 is 5.97 Å². The Bertz CT molecular complexity index is 1740. The fourth-order valence-electron chi connectivity index (χ4n) is 6.36. The highest BCUT2D eigenvalue weighted by Gasteiger charge is 2.34. The number of anilines is 1. The molecule has 0 spiro atoms. The highest BCUT2D eigenvalue weighted by molar-refractivity contribution is 6.13. The van der Waals surface area contributed by atoms with Gasteiger partial charge in [0.15, 0.2) is 0 Å². The van der Waals surface area contributed by atoms with E-state index >= 15 is 0 Å². The zero-order valence-electron chi connectivity index (χ0n) is 28.4. The third-order valence-electron chi connectivity index (χ3n) is 9.31. The molecule has 0 saturated carbocycles. The molecule has 2 unspecified atom stereocenters. The fourth-order valence-corrected chi connectivity index (χ4v) is 6.36. The van der Waals surface area contributed by atoms with E-state index in [-0.39, 0.29) is 30.5 Å². The summed E-state index contributed by atoms with van der Waals surface area (Å²) in [4.78, 5) is 25.8. The first kappa shape index (κ1) is 35.6. The third kappa shape index (κ3) is 8.00. The molecule has 8 heteroatoms.